The fourth-order valence-electron chi connectivity index (χ4n) is 5.23. The van der Waals surface area contributed by atoms with E-state index in [1.807, 2.05) is 6.92 Å². The first-order valence-electron chi connectivity index (χ1n) is 12.4. The Morgan fingerprint density at radius 3 is 2.50 bits per heavy atom. The molecule has 0 bridgehead atoms. The summed E-state index contributed by atoms with van der Waals surface area (Å²) < 4.78 is 34.1. The zero-order chi connectivity index (χ0) is 27.0. The molecule has 0 unspecified atom stereocenters. The zero-order valence-corrected chi connectivity index (χ0v) is 20.7. The van der Waals surface area contributed by atoms with Crippen molar-refractivity contribution in [3.8, 4) is 5.75 Å². The molecule has 3 heterocycles. The minimum atomic E-state index is -0.894. The van der Waals surface area contributed by atoms with Crippen molar-refractivity contribution < 1.29 is 23.4 Å². The molecule has 1 saturated carbocycles. The topological polar surface area (TPSA) is 134 Å². The molecule has 3 aromatic rings. The van der Waals surface area contributed by atoms with Crippen LogP contribution in [0.5, 0.6) is 5.75 Å². The molecule has 1 saturated heterocycles. The number of ether oxygens (including phenoxy) is 1. The number of aromatic nitrogens is 2. The van der Waals surface area contributed by atoms with Gasteiger partial charge in [0.2, 0.25) is 5.95 Å². The number of carbonyl (C=O) groups excluding carboxylic acids is 1. The van der Waals surface area contributed by atoms with Gasteiger partial charge in [0.25, 0.3) is 16.8 Å². The third-order valence-corrected chi connectivity index (χ3v) is 7.44. The van der Waals surface area contributed by atoms with Crippen molar-refractivity contribution in [1.82, 2.24) is 14.9 Å². The fourth-order valence-corrected chi connectivity index (χ4v) is 5.23. The number of amides is 1. The Morgan fingerprint density at radius 1 is 1.11 bits per heavy atom. The van der Waals surface area contributed by atoms with Crippen LogP contribution < -0.4 is 21.5 Å². The Hall–Kier alpha value is -3.93. The number of halogens is 2. The van der Waals surface area contributed by atoms with Gasteiger partial charge in [-0.15, -0.1) is 0 Å². The van der Waals surface area contributed by atoms with Gasteiger partial charge in [0.1, 0.15) is 22.9 Å². The third-order valence-electron chi connectivity index (χ3n) is 7.44. The highest BCUT2D eigenvalue weighted by Crippen LogP contribution is 2.49. The summed E-state index contributed by atoms with van der Waals surface area (Å²) in [4.78, 5) is 47.3. The first-order valence-corrected chi connectivity index (χ1v) is 12.4. The van der Waals surface area contributed by atoms with E-state index in [1.165, 1.54) is 17.2 Å². The molecule has 1 amide bonds. The van der Waals surface area contributed by atoms with Crippen molar-refractivity contribution in [1.29, 1.82) is 0 Å². The molecule has 2 aliphatic rings. The predicted molar refractivity (Wildman–Crippen MR) is 134 cm³/mol. The lowest BCUT2D eigenvalue weighted by atomic mass is 9.78. The maximum atomic E-state index is 14.8. The van der Waals surface area contributed by atoms with Crippen molar-refractivity contribution in [2.45, 2.75) is 38.6 Å². The normalized spacial score (nSPS) is 17.9. The Labute approximate surface area is 216 Å². The van der Waals surface area contributed by atoms with E-state index in [1.54, 1.807) is 0 Å². The lowest BCUT2D eigenvalue weighted by Crippen LogP contribution is -2.41. The summed E-state index contributed by atoms with van der Waals surface area (Å²) in [5.41, 5.74) is -2.95. The first-order chi connectivity index (χ1) is 18.2. The number of rotatable bonds is 7. The van der Waals surface area contributed by atoms with Gasteiger partial charge in [0.15, 0.2) is 11.4 Å². The van der Waals surface area contributed by atoms with E-state index in [-0.39, 0.29) is 28.5 Å². The van der Waals surface area contributed by atoms with Crippen LogP contribution in [0.3, 0.4) is 0 Å². The molecule has 0 spiro atoms. The standard InChI is InChI=1S/C26H27F2N5O5/c1-26(7-2-3-8-26)24(17-14(27)4-5-16(28)31-17)32-19-18(22(35)23(19)36)30-15-6-9-29-20(21(15)34)25(37)33-10-12-38-13-11-33/h4-6,9,24,32,34H,2-3,7-8,10-13H2,1H3,(H,29,30)/t24-/m0/s1. The van der Waals surface area contributed by atoms with Crippen LogP contribution in [0.25, 0.3) is 0 Å². The summed E-state index contributed by atoms with van der Waals surface area (Å²) in [6.45, 7) is 3.32. The van der Waals surface area contributed by atoms with Crippen molar-refractivity contribution in [3.63, 3.8) is 0 Å². The van der Waals surface area contributed by atoms with Gasteiger partial charge in [-0.1, -0.05) is 19.8 Å². The van der Waals surface area contributed by atoms with E-state index in [4.69, 9.17) is 4.74 Å². The smallest absolute Gasteiger partial charge is 0.276 e. The molecule has 1 atom stereocenters. The number of nitrogens with zero attached hydrogens (tertiary/aromatic N) is 3. The number of carbonyl (C=O) groups is 1. The van der Waals surface area contributed by atoms with Crippen LogP contribution in [0.4, 0.5) is 25.8 Å². The van der Waals surface area contributed by atoms with E-state index in [2.05, 4.69) is 20.6 Å². The van der Waals surface area contributed by atoms with Crippen LogP contribution in [0.2, 0.25) is 0 Å². The van der Waals surface area contributed by atoms with Gasteiger partial charge in [0, 0.05) is 19.3 Å². The number of aromatic hydroxyl groups is 1. The summed E-state index contributed by atoms with van der Waals surface area (Å²) in [5, 5.41) is 16.5. The molecule has 1 aliphatic heterocycles. The maximum Gasteiger partial charge on any atom is 0.276 e. The van der Waals surface area contributed by atoms with Crippen LogP contribution in [-0.4, -0.2) is 52.2 Å². The number of hydrogen-bond donors (Lipinski definition) is 3. The molecular formula is C26H27F2N5O5. The van der Waals surface area contributed by atoms with Gasteiger partial charge in [0.05, 0.1) is 24.9 Å². The minimum Gasteiger partial charge on any atom is -0.504 e. The molecule has 200 valence electrons. The monoisotopic (exact) mass is 527 g/mol. The van der Waals surface area contributed by atoms with Crippen molar-refractivity contribution in [2.24, 2.45) is 5.41 Å². The highest BCUT2D eigenvalue weighted by Gasteiger charge is 2.42. The van der Waals surface area contributed by atoms with Crippen molar-refractivity contribution in [3.05, 3.63) is 68.0 Å². The first kappa shape index (κ1) is 25.7. The van der Waals surface area contributed by atoms with Crippen LogP contribution in [0.15, 0.2) is 34.0 Å². The third kappa shape index (κ3) is 4.60. The summed E-state index contributed by atoms with van der Waals surface area (Å²) in [5.74, 6) is -2.58. The van der Waals surface area contributed by atoms with E-state index < -0.39 is 45.7 Å². The lowest BCUT2D eigenvalue weighted by Gasteiger charge is -2.35. The van der Waals surface area contributed by atoms with Crippen molar-refractivity contribution >= 4 is 23.0 Å². The molecule has 12 heteroatoms. The largest absolute Gasteiger partial charge is 0.504 e. The van der Waals surface area contributed by atoms with E-state index >= 15 is 0 Å². The molecule has 2 fully saturated rings. The molecule has 1 aromatic carbocycles. The highest BCUT2D eigenvalue weighted by molar-refractivity contribution is 5.97. The molecule has 0 radical (unpaired) electrons. The second-order valence-corrected chi connectivity index (χ2v) is 9.93. The number of morpholine rings is 1. The minimum absolute atomic E-state index is 0.00884. The Balaban J connectivity index is 1.46. The average Bonchev–Trinajstić information content (AvgIpc) is 3.37. The van der Waals surface area contributed by atoms with Gasteiger partial charge in [-0.25, -0.2) is 14.4 Å². The molecule has 5 rings (SSSR count). The van der Waals surface area contributed by atoms with Crippen LogP contribution >= 0.6 is 0 Å². The molecule has 2 aromatic heterocycles. The second-order valence-electron chi connectivity index (χ2n) is 9.93. The van der Waals surface area contributed by atoms with E-state index in [9.17, 15) is 28.3 Å². The van der Waals surface area contributed by atoms with Gasteiger partial charge in [-0.05, 0) is 36.5 Å². The maximum absolute atomic E-state index is 14.8. The zero-order valence-electron chi connectivity index (χ0n) is 20.7. The number of pyridine rings is 2. The molecule has 10 nitrogen and oxygen atoms in total. The molecule has 1 aliphatic carbocycles. The second kappa shape index (κ2) is 10.1. The quantitative estimate of drug-likeness (QED) is 0.313. The number of anilines is 3. The number of hydrogen-bond acceptors (Lipinski definition) is 9. The van der Waals surface area contributed by atoms with Crippen LogP contribution in [0, 0.1) is 17.2 Å². The Bertz CT molecular complexity index is 1440. The summed E-state index contributed by atoms with van der Waals surface area (Å²) in [6, 6.07) is 2.36. The fraction of sp³-hybridized carbons (Fsp3) is 0.423. The SMILES string of the molecule is CC1([C@@H](Nc2c(Nc3ccnc(C(=O)N4CCOCC4)c3O)c(=O)c2=O)c2nc(F)ccc2F)CCCC1. The summed E-state index contributed by atoms with van der Waals surface area (Å²) >= 11 is 0. The van der Waals surface area contributed by atoms with Gasteiger partial charge >= 0.3 is 0 Å². The molecule has 3 N–H and O–H groups in total. The highest BCUT2D eigenvalue weighted by atomic mass is 19.1. The van der Waals surface area contributed by atoms with E-state index in [0.717, 1.165) is 25.0 Å². The lowest BCUT2D eigenvalue weighted by molar-refractivity contribution is 0.0297. The predicted octanol–water partition coefficient (Wildman–Crippen LogP) is 3.01. The van der Waals surface area contributed by atoms with Crippen molar-refractivity contribution in [2.75, 3.05) is 36.9 Å². The van der Waals surface area contributed by atoms with Gasteiger partial charge in [-0.2, -0.15) is 4.39 Å². The molecule has 38 heavy (non-hydrogen) atoms. The van der Waals surface area contributed by atoms with Gasteiger partial charge in [-0.3, -0.25) is 14.4 Å². The average molecular weight is 528 g/mol. The van der Waals surface area contributed by atoms with Crippen LogP contribution in [-0.2, 0) is 4.74 Å². The summed E-state index contributed by atoms with van der Waals surface area (Å²) in [7, 11) is 0. The molecular weight excluding hydrogens is 500 g/mol. The van der Waals surface area contributed by atoms with Crippen LogP contribution in [0.1, 0.15) is 54.8 Å². The Kier molecular flexibility index (Phi) is 6.82. The van der Waals surface area contributed by atoms with E-state index in [0.29, 0.717) is 39.1 Å². The number of nitrogens with one attached hydrogen (secondary N) is 2. The Morgan fingerprint density at radius 2 is 1.79 bits per heavy atom. The van der Waals surface area contributed by atoms with Gasteiger partial charge < -0.3 is 25.4 Å². The summed E-state index contributed by atoms with van der Waals surface area (Å²) in [6.07, 6.45) is 4.39.